The number of aromatic hydroxyl groups is 1. The van der Waals surface area contributed by atoms with Gasteiger partial charge in [-0.2, -0.15) is 0 Å². The summed E-state index contributed by atoms with van der Waals surface area (Å²) in [4.78, 5) is 30.0. The van der Waals surface area contributed by atoms with E-state index in [9.17, 15) is 14.7 Å². The Morgan fingerprint density at radius 2 is 1.50 bits per heavy atom. The third-order valence-electron chi connectivity index (χ3n) is 4.68. The maximum Gasteiger partial charge on any atom is 0.196 e. The van der Waals surface area contributed by atoms with Gasteiger partial charge in [-0.15, -0.1) is 0 Å². The van der Waals surface area contributed by atoms with E-state index in [1.807, 2.05) is 6.07 Å². The summed E-state index contributed by atoms with van der Waals surface area (Å²) in [6, 6.07) is 19.1. The predicted octanol–water partition coefficient (Wildman–Crippen LogP) is 3.70. The van der Waals surface area contributed by atoms with E-state index in [0.29, 0.717) is 46.6 Å². The summed E-state index contributed by atoms with van der Waals surface area (Å²) in [7, 11) is 0. The van der Waals surface area contributed by atoms with Crippen LogP contribution in [0.5, 0.6) is 5.75 Å². The summed E-state index contributed by atoms with van der Waals surface area (Å²) in [5.41, 5.74) is 3.00. The van der Waals surface area contributed by atoms with E-state index < -0.39 is 0 Å². The quantitative estimate of drug-likeness (QED) is 0.415. The van der Waals surface area contributed by atoms with Crippen LogP contribution in [0.25, 0.3) is 0 Å². The van der Waals surface area contributed by atoms with Gasteiger partial charge in [0, 0.05) is 40.7 Å². The van der Waals surface area contributed by atoms with E-state index in [4.69, 9.17) is 0 Å². The first-order valence-electron chi connectivity index (χ1n) is 9.00. The Bertz CT molecular complexity index is 1100. The first kappa shape index (κ1) is 17.7. The minimum Gasteiger partial charge on any atom is -0.507 e. The number of hydrogen-bond donors (Lipinski definition) is 2. The number of carbonyl (C=O) groups is 2. The molecule has 0 amide bonds. The molecule has 0 aliphatic heterocycles. The van der Waals surface area contributed by atoms with E-state index in [1.54, 1.807) is 66.9 Å². The molecule has 4 rings (SSSR count). The topological polar surface area (TPSA) is 78.8 Å². The zero-order chi connectivity index (χ0) is 19.5. The number of nitrogens with zero attached hydrogens (tertiary/aromatic N) is 1. The maximum atomic E-state index is 12.9. The van der Waals surface area contributed by atoms with Gasteiger partial charge in [-0.25, -0.2) is 0 Å². The number of fused-ring (bicyclic) bond motifs is 2. The van der Waals surface area contributed by atoms with Crippen molar-refractivity contribution in [3.63, 3.8) is 0 Å². The number of phenols is 1. The molecule has 0 heterocycles. The van der Waals surface area contributed by atoms with Crippen molar-refractivity contribution in [3.8, 4) is 5.75 Å². The summed E-state index contributed by atoms with van der Waals surface area (Å²) in [5, 5.41) is 12.9. The van der Waals surface area contributed by atoms with Crippen molar-refractivity contribution in [2.75, 3.05) is 18.4 Å². The van der Waals surface area contributed by atoms with Crippen molar-refractivity contribution >= 4 is 23.5 Å². The summed E-state index contributed by atoms with van der Waals surface area (Å²) < 4.78 is 0. The molecule has 5 heteroatoms. The van der Waals surface area contributed by atoms with Gasteiger partial charge in [0.2, 0.25) is 0 Å². The molecule has 0 radical (unpaired) electrons. The first-order chi connectivity index (χ1) is 13.7. The van der Waals surface area contributed by atoms with Crippen LogP contribution in [-0.4, -0.2) is 36.0 Å². The molecule has 1 aliphatic rings. The highest BCUT2D eigenvalue weighted by atomic mass is 16.3. The average Bonchev–Trinajstić information content (AvgIpc) is 2.73. The normalized spacial score (nSPS) is 12.7. The van der Waals surface area contributed by atoms with E-state index in [0.717, 1.165) is 0 Å². The number of carbonyl (C=O) groups excluding carboxylic acids is 2. The number of nitrogens with one attached hydrogen (secondary N) is 1. The van der Waals surface area contributed by atoms with Gasteiger partial charge in [-0.1, -0.05) is 48.5 Å². The van der Waals surface area contributed by atoms with Crippen molar-refractivity contribution in [3.05, 3.63) is 94.5 Å². The fraction of sp³-hybridized carbons (Fsp3) is 0.0870. The molecule has 3 aromatic carbocycles. The lowest BCUT2D eigenvalue weighted by molar-refractivity contribution is 0.0979. The fourth-order valence-electron chi connectivity index (χ4n) is 3.31. The van der Waals surface area contributed by atoms with Gasteiger partial charge in [-0.3, -0.25) is 14.6 Å². The molecule has 0 aromatic heterocycles. The van der Waals surface area contributed by atoms with Gasteiger partial charge in [0.25, 0.3) is 0 Å². The predicted molar refractivity (Wildman–Crippen MR) is 109 cm³/mol. The van der Waals surface area contributed by atoms with Gasteiger partial charge >= 0.3 is 0 Å². The Hall–Kier alpha value is -3.73. The highest BCUT2D eigenvalue weighted by Crippen LogP contribution is 2.31. The molecule has 1 aliphatic carbocycles. The van der Waals surface area contributed by atoms with Crippen LogP contribution in [0.2, 0.25) is 0 Å². The van der Waals surface area contributed by atoms with E-state index in [1.165, 1.54) is 0 Å². The lowest BCUT2D eigenvalue weighted by atomic mass is 9.83. The Labute approximate surface area is 162 Å². The van der Waals surface area contributed by atoms with Crippen LogP contribution in [-0.2, 0) is 0 Å². The number of phenolic OH excluding ortho intramolecular Hbond substituents is 1. The molecule has 0 saturated heterocycles. The molecule has 0 unspecified atom stereocenters. The second-order valence-electron chi connectivity index (χ2n) is 6.45. The fourth-order valence-corrected chi connectivity index (χ4v) is 3.31. The molecule has 0 spiro atoms. The Balaban J connectivity index is 1.51. The smallest absolute Gasteiger partial charge is 0.196 e. The van der Waals surface area contributed by atoms with Crippen molar-refractivity contribution in [2.45, 2.75) is 0 Å². The lowest BCUT2D eigenvalue weighted by Crippen LogP contribution is -2.22. The van der Waals surface area contributed by atoms with Gasteiger partial charge < -0.3 is 10.4 Å². The first-order valence-corrected chi connectivity index (χ1v) is 9.00. The van der Waals surface area contributed by atoms with E-state index in [2.05, 4.69) is 10.3 Å². The SMILES string of the molecule is O=C1c2ccccc2C(=O)c2c(NCCN=Cc3ccccc3O)cccc21. The third-order valence-corrected chi connectivity index (χ3v) is 4.68. The molecule has 0 atom stereocenters. The maximum absolute atomic E-state index is 12.9. The van der Waals surface area contributed by atoms with Gasteiger partial charge in [-0.05, 0) is 18.2 Å². The van der Waals surface area contributed by atoms with Crippen LogP contribution >= 0.6 is 0 Å². The summed E-state index contributed by atoms with van der Waals surface area (Å²) >= 11 is 0. The summed E-state index contributed by atoms with van der Waals surface area (Å²) in [6.45, 7) is 0.945. The van der Waals surface area contributed by atoms with Crippen LogP contribution in [0.15, 0.2) is 71.7 Å². The third kappa shape index (κ3) is 3.18. The zero-order valence-corrected chi connectivity index (χ0v) is 15.1. The van der Waals surface area contributed by atoms with Crippen LogP contribution in [0.1, 0.15) is 37.4 Å². The lowest BCUT2D eigenvalue weighted by Gasteiger charge is -2.20. The highest BCUT2D eigenvalue weighted by molar-refractivity contribution is 6.30. The highest BCUT2D eigenvalue weighted by Gasteiger charge is 2.31. The van der Waals surface area contributed by atoms with Crippen LogP contribution in [0.3, 0.4) is 0 Å². The monoisotopic (exact) mass is 370 g/mol. The number of benzene rings is 3. The molecular formula is C23H18N2O3. The van der Waals surface area contributed by atoms with Crippen LogP contribution in [0, 0.1) is 0 Å². The van der Waals surface area contributed by atoms with Crippen LogP contribution < -0.4 is 5.32 Å². The molecule has 0 fully saturated rings. The second-order valence-corrected chi connectivity index (χ2v) is 6.45. The zero-order valence-electron chi connectivity index (χ0n) is 15.1. The number of aliphatic imine (C=N–C) groups is 1. The van der Waals surface area contributed by atoms with Crippen molar-refractivity contribution in [2.24, 2.45) is 4.99 Å². The number of hydrogen-bond acceptors (Lipinski definition) is 5. The molecule has 0 saturated carbocycles. The van der Waals surface area contributed by atoms with Gasteiger partial charge in [0.15, 0.2) is 11.6 Å². The molecule has 2 N–H and O–H groups in total. The second kappa shape index (κ2) is 7.48. The Morgan fingerprint density at radius 3 is 2.29 bits per heavy atom. The molecular weight excluding hydrogens is 352 g/mol. The largest absolute Gasteiger partial charge is 0.507 e. The summed E-state index contributed by atoms with van der Waals surface area (Å²) in [5.74, 6) is -0.100. The Morgan fingerprint density at radius 1 is 0.821 bits per heavy atom. The van der Waals surface area contributed by atoms with Crippen LogP contribution in [0.4, 0.5) is 5.69 Å². The average molecular weight is 370 g/mol. The number of rotatable bonds is 5. The summed E-state index contributed by atoms with van der Waals surface area (Å²) in [6.07, 6.45) is 1.61. The van der Waals surface area contributed by atoms with Crippen molar-refractivity contribution < 1.29 is 14.7 Å². The minimum absolute atomic E-state index is 0.133. The molecule has 0 bridgehead atoms. The Kier molecular flexibility index (Phi) is 4.72. The standard InChI is InChI=1S/C23H18N2O3/c26-20-11-4-1-6-15(20)14-24-12-13-25-19-10-5-9-18-21(19)23(28)17-8-3-2-7-16(17)22(18)27/h1-11,14,25-26H,12-13H2. The van der Waals surface area contributed by atoms with Crippen molar-refractivity contribution in [1.82, 2.24) is 0 Å². The molecule has 138 valence electrons. The van der Waals surface area contributed by atoms with Gasteiger partial charge in [0.05, 0.1) is 12.1 Å². The molecule has 5 nitrogen and oxygen atoms in total. The van der Waals surface area contributed by atoms with Crippen molar-refractivity contribution in [1.29, 1.82) is 0 Å². The number of ketones is 2. The number of para-hydroxylation sites is 1. The molecule has 3 aromatic rings. The van der Waals surface area contributed by atoms with Gasteiger partial charge in [0.1, 0.15) is 5.75 Å². The number of anilines is 1. The van der Waals surface area contributed by atoms with E-state index in [-0.39, 0.29) is 17.3 Å². The van der Waals surface area contributed by atoms with E-state index >= 15 is 0 Å². The minimum atomic E-state index is -0.147. The molecule has 28 heavy (non-hydrogen) atoms.